The first kappa shape index (κ1) is 20.1. The standard InChI is InChI=1S/C20H24FN3O3S/c1-22-20(24-18-9-10-28(25,26)14-18)23-12-15-5-7-19(8-6-15)27-13-16-3-2-4-17(21)11-16/h2-8,11,18H,9-10,12-14H2,1H3,(H2,22,23,24). The van der Waals surface area contributed by atoms with Gasteiger partial charge in [-0.25, -0.2) is 12.8 Å². The topological polar surface area (TPSA) is 79.8 Å². The number of rotatable bonds is 6. The second kappa shape index (κ2) is 9.05. The number of hydrogen-bond acceptors (Lipinski definition) is 4. The third-order valence-corrected chi connectivity index (χ3v) is 6.24. The van der Waals surface area contributed by atoms with Crippen LogP contribution in [0, 0.1) is 5.82 Å². The summed E-state index contributed by atoms with van der Waals surface area (Å²) in [6.07, 6.45) is 0.598. The van der Waals surface area contributed by atoms with Crippen molar-refractivity contribution in [2.75, 3.05) is 18.6 Å². The molecule has 1 aliphatic heterocycles. The molecule has 2 aromatic carbocycles. The van der Waals surface area contributed by atoms with Crippen LogP contribution < -0.4 is 15.4 Å². The highest BCUT2D eigenvalue weighted by molar-refractivity contribution is 7.91. The Hall–Kier alpha value is -2.61. The quantitative estimate of drug-likeness (QED) is 0.569. The van der Waals surface area contributed by atoms with E-state index in [0.29, 0.717) is 31.3 Å². The predicted molar refractivity (Wildman–Crippen MR) is 108 cm³/mol. The van der Waals surface area contributed by atoms with Gasteiger partial charge in [-0.2, -0.15) is 0 Å². The van der Waals surface area contributed by atoms with Crippen LogP contribution in [0.2, 0.25) is 0 Å². The number of aliphatic imine (C=N–C) groups is 1. The van der Waals surface area contributed by atoms with Crippen molar-refractivity contribution in [3.8, 4) is 5.75 Å². The molecule has 0 amide bonds. The molecule has 3 rings (SSSR count). The molecule has 0 aromatic heterocycles. The molecule has 150 valence electrons. The molecular weight excluding hydrogens is 381 g/mol. The van der Waals surface area contributed by atoms with Gasteiger partial charge < -0.3 is 15.4 Å². The zero-order chi connectivity index (χ0) is 20.0. The van der Waals surface area contributed by atoms with Crippen molar-refractivity contribution in [3.63, 3.8) is 0 Å². The summed E-state index contributed by atoms with van der Waals surface area (Å²) in [4.78, 5) is 4.15. The predicted octanol–water partition coefficient (Wildman–Crippen LogP) is 2.26. The number of nitrogens with one attached hydrogen (secondary N) is 2. The lowest BCUT2D eigenvalue weighted by Gasteiger charge is -2.16. The summed E-state index contributed by atoms with van der Waals surface area (Å²) >= 11 is 0. The van der Waals surface area contributed by atoms with E-state index in [9.17, 15) is 12.8 Å². The normalized spacial score (nSPS) is 18.6. The van der Waals surface area contributed by atoms with Crippen molar-refractivity contribution in [3.05, 3.63) is 65.5 Å². The molecule has 1 saturated heterocycles. The maximum Gasteiger partial charge on any atom is 0.191 e. The van der Waals surface area contributed by atoms with E-state index in [4.69, 9.17) is 4.74 Å². The summed E-state index contributed by atoms with van der Waals surface area (Å²) in [5.74, 6) is 1.36. The molecule has 1 fully saturated rings. The summed E-state index contributed by atoms with van der Waals surface area (Å²) in [6, 6.07) is 13.8. The summed E-state index contributed by atoms with van der Waals surface area (Å²) in [7, 11) is -1.27. The van der Waals surface area contributed by atoms with Crippen LogP contribution in [0.5, 0.6) is 5.75 Å². The van der Waals surface area contributed by atoms with Crippen LogP contribution in [0.25, 0.3) is 0 Å². The van der Waals surface area contributed by atoms with Crippen LogP contribution in [0.3, 0.4) is 0 Å². The number of guanidine groups is 1. The van der Waals surface area contributed by atoms with Gasteiger partial charge in [0, 0.05) is 19.6 Å². The molecule has 6 nitrogen and oxygen atoms in total. The third-order valence-electron chi connectivity index (χ3n) is 4.47. The first-order valence-corrected chi connectivity index (χ1v) is 10.9. The lowest BCUT2D eigenvalue weighted by molar-refractivity contribution is 0.305. The number of benzene rings is 2. The SMILES string of the molecule is CN=C(NCc1ccc(OCc2cccc(F)c2)cc1)NC1CCS(=O)(=O)C1. The smallest absolute Gasteiger partial charge is 0.191 e. The van der Waals surface area contributed by atoms with Crippen molar-refractivity contribution in [2.45, 2.75) is 25.6 Å². The molecule has 0 spiro atoms. The minimum Gasteiger partial charge on any atom is -0.489 e. The first-order chi connectivity index (χ1) is 13.4. The van der Waals surface area contributed by atoms with Gasteiger partial charge >= 0.3 is 0 Å². The van der Waals surface area contributed by atoms with Gasteiger partial charge in [0.1, 0.15) is 18.2 Å². The number of nitrogens with zero attached hydrogens (tertiary/aromatic N) is 1. The minimum atomic E-state index is -2.93. The second-order valence-electron chi connectivity index (χ2n) is 6.73. The van der Waals surface area contributed by atoms with Crippen LogP contribution in [-0.4, -0.2) is 39.0 Å². The van der Waals surface area contributed by atoms with Crippen molar-refractivity contribution in [1.82, 2.24) is 10.6 Å². The van der Waals surface area contributed by atoms with Gasteiger partial charge in [0.15, 0.2) is 15.8 Å². The van der Waals surface area contributed by atoms with Gasteiger partial charge in [0.2, 0.25) is 0 Å². The molecule has 2 N–H and O–H groups in total. The van der Waals surface area contributed by atoms with Crippen LogP contribution in [0.1, 0.15) is 17.5 Å². The van der Waals surface area contributed by atoms with E-state index < -0.39 is 9.84 Å². The zero-order valence-corrected chi connectivity index (χ0v) is 16.5. The second-order valence-corrected chi connectivity index (χ2v) is 8.96. The number of hydrogen-bond donors (Lipinski definition) is 2. The van der Waals surface area contributed by atoms with Crippen molar-refractivity contribution >= 4 is 15.8 Å². The Morgan fingerprint density at radius 1 is 1.21 bits per heavy atom. The van der Waals surface area contributed by atoms with Crippen molar-refractivity contribution in [2.24, 2.45) is 4.99 Å². The fourth-order valence-electron chi connectivity index (χ4n) is 2.98. The molecule has 0 saturated carbocycles. The molecule has 0 radical (unpaired) electrons. The fourth-order valence-corrected chi connectivity index (χ4v) is 4.65. The molecule has 2 aromatic rings. The Kier molecular flexibility index (Phi) is 6.51. The molecule has 28 heavy (non-hydrogen) atoms. The maximum absolute atomic E-state index is 13.2. The molecule has 1 aliphatic rings. The fraction of sp³-hybridized carbons (Fsp3) is 0.350. The first-order valence-electron chi connectivity index (χ1n) is 9.07. The summed E-state index contributed by atoms with van der Waals surface area (Å²) in [5, 5.41) is 6.34. The molecular formula is C20H24FN3O3S. The van der Waals surface area contributed by atoms with Gasteiger partial charge in [-0.05, 0) is 41.8 Å². The number of ether oxygens (including phenoxy) is 1. The van der Waals surface area contributed by atoms with E-state index in [2.05, 4.69) is 15.6 Å². The molecule has 0 bridgehead atoms. The lowest BCUT2D eigenvalue weighted by Crippen LogP contribution is -2.43. The Morgan fingerprint density at radius 2 is 2.00 bits per heavy atom. The van der Waals surface area contributed by atoms with E-state index in [0.717, 1.165) is 11.1 Å². The maximum atomic E-state index is 13.2. The molecule has 8 heteroatoms. The molecule has 1 atom stereocenters. The van der Waals surface area contributed by atoms with Gasteiger partial charge in [-0.15, -0.1) is 0 Å². The summed E-state index contributed by atoms with van der Waals surface area (Å²) in [5.41, 5.74) is 1.80. The molecule has 0 aliphatic carbocycles. The van der Waals surface area contributed by atoms with E-state index in [1.54, 1.807) is 13.1 Å². The van der Waals surface area contributed by atoms with E-state index in [1.165, 1.54) is 12.1 Å². The monoisotopic (exact) mass is 405 g/mol. The molecule has 1 unspecified atom stereocenters. The van der Waals surface area contributed by atoms with Crippen LogP contribution >= 0.6 is 0 Å². The van der Waals surface area contributed by atoms with Crippen LogP contribution in [0.4, 0.5) is 4.39 Å². The minimum absolute atomic E-state index is 0.102. The number of sulfone groups is 1. The van der Waals surface area contributed by atoms with Crippen molar-refractivity contribution in [1.29, 1.82) is 0 Å². The summed E-state index contributed by atoms with van der Waals surface area (Å²) in [6.45, 7) is 0.847. The van der Waals surface area contributed by atoms with Gasteiger partial charge in [0.25, 0.3) is 0 Å². The Labute approximate surface area is 164 Å². The van der Waals surface area contributed by atoms with Gasteiger partial charge in [0.05, 0.1) is 11.5 Å². The zero-order valence-electron chi connectivity index (χ0n) is 15.7. The Bertz CT molecular complexity index is 930. The third kappa shape index (κ3) is 5.95. The average molecular weight is 405 g/mol. The van der Waals surface area contributed by atoms with Gasteiger partial charge in [-0.1, -0.05) is 24.3 Å². The number of halogens is 1. The summed E-state index contributed by atoms with van der Waals surface area (Å²) < 4.78 is 42.0. The van der Waals surface area contributed by atoms with Crippen LogP contribution in [-0.2, 0) is 23.0 Å². The van der Waals surface area contributed by atoms with Crippen molar-refractivity contribution < 1.29 is 17.5 Å². The van der Waals surface area contributed by atoms with Crippen LogP contribution in [0.15, 0.2) is 53.5 Å². The Balaban J connectivity index is 1.47. The molecule has 1 heterocycles. The van der Waals surface area contributed by atoms with E-state index in [1.807, 2.05) is 30.3 Å². The highest BCUT2D eigenvalue weighted by atomic mass is 32.2. The highest BCUT2D eigenvalue weighted by Crippen LogP contribution is 2.15. The average Bonchev–Trinajstić information content (AvgIpc) is 3.02. The Morgan fingerprint density at radius 3 is 2.64 bits per heavy atom. The van der Waals surface area contributed by atoms with E-state index in [-0.39, 0.29) is 23.4 Å². The van der Waals surface area contributed by atoms with Gasteiger partial charge in [-0.3, -0.25) is 4.99 Å². The highest BCUT2D eigenvalue weighted by Gasteiger charge is 2.28. The lowest BCUT2D eigenvalue weighted by atomic mass is 10.2. The largest absolute Gasteiger partial charge is 0.489 e. The van der Waals surface area contributed by atoms with E-state index >= 15 is 0 Å².